The number of fused-ring (bicyclic) bond motifs is 1. The number of carbonyl (C=O) groups excluding carboxylic acids is 1. The molecule has 196 valence electrons. The molecule has 0 atom stereocenters. The molecule has 9 heteroatoms. The molecule has 0 saturated carbocycles. The van der Waals surface area contributed by atoms with Crippen LogP contribution in [0.15, 0.2) is 58.8 Å². The molecule has 0 aliphatic rings. The van der Waals surface area contributed by atoms with Gasteiger partial charge in [0, 0.05) is 41.9 Å². The van der Waals surface area contributed by atoms with Gasteiger partial charge in [0.2, 0.25) is 6.41 Å². The highest BCUT2D eigenvalue weighted by atomic mass is 16.5. The van der Waals surface area contributed by atoms with E-state index >= 15 is 0 Å². The first-order valence-corrected chi connectivity index (χ1v) is 12.2. The minimum atomic E-state index is 0.0742. The van der Waals surface area contributed by atoms with Gasteiger partial charge in [-0.15, -0.1) is 0 Å². The number of nitriles is 1. The van der Waals surface area contributed by atoms with Crippen LogP contribution in [0.1, 0.15) is 41.7 Å². The third-order valence-electron chi connectivity index (χ3n) is 6.03. The molecule has 3 aromatic carbocycles. The molecular formula is C29H32N6O3. The molecule has 0 radical (unpaired) electrons. The third kappa shape index (κ3) is 5.51. The summed E-state index contributed by atoms with van der Waals surface area (Å²) in [5, 5.41) is 16.0. The first-order valence-electron chi connectivity index (χ1n) is 12.2. The number of amides is 1. The molecule has 0 heterocycles. The smallest absolute Gasteiger partial charge is 0.227 e. The van der Waals surface area contributed by atoms with Gasteiger partial charge in [-0.2, -0.15) is 10.4 Å². The molecule has 0 spiro atoms. The number of hydrogen-bond acceptors (Lipinski definition) is 8. The maximum absolute atomic E-state index is 10.9. The lowest BCUT2D eigenvalue weighted by molar-refractivity contribution is -0.109. The van der Waals surface area contributed by atoms with Gasteiger partial charge in [0.25, 0.3) is 0 Å². The number of nitrogens with one attached hydrogen (secondary N) is 1. The van der Waals surface area contributed by atoms with E-state index in [2.05, 4.69) is 21.6 Å². The van der Waals surface area contributed by atoms with Gasteiger partial charge < -0.3 is 20.9 Å². The molecule has 3 aromatic rings. The SMILES string of the molecule is CCOc1cc(/C(=C/N)C(=NC)c2c(OCC)cc3ccccc3c2C#N)cc(/C(CN)=N\NC=O)c1C. The van der Waals surface area contributed by atoms with Crippen molar-refractivity contribution >= 4 is 34.2 Å². The highest BCUT2D eigenvalue weighted by molar-refractivity contribution is 6.34. The van der Waals surface area contributed by atoms with Gasteiger partial charge in [-0.25, -0.2) is 5.43 Å². The Morgan fingerprint density at radius 3 is 2.45 bits per heavy atom. The summed E-state index contributed by atoms with van der Waals surface area (Å²) in [5.74, 6) is 1.13. The van der Waals surface area contributed by atoms with Crippen molar-refractivity contribution in [1.29, 1.82) is 5.26 Å². The van der Waals surface area contributed by atoms with Crippen LogP contribution in [0.4, 0.5) is 0 Å². The fraction of sp³-hybridized carbons (Fsp3) is 0.241. The van der Waals surface area contributed by atoms with E-state index in [0.717, 1.165) is 16.3 Å². The second-order valence-electron chi connectivity index (χ2n) is 8.13. The Morgan fingerprint density at radius 2 is 1.84 bits per heavy atom. The van der Waals surface area contributed by atoms with E-state index in [1.165, 1.54) is 6.20 Å². The van der Waals surface area contributed by atoms with E-state index in [1.807, 2.05) is 63.2 Å². The van der Waals surface area contributed by atoms with Gasteiger partial charge in [0.05, 0.1) is 35.8 Å². The van der Waals surface area contributed by atoms with E-state index in [9.17, 15) is 10.1 Å². The molecule has 5 N–H and O–H groups in total. The van der Waals surface area contributed by atoms with Gasteiger partial charge >= 0.3 is 0 Å². The zero-order valence-electron chi connectivity index (χ0n) is 22.0. The second kappa shape index (κ2) is 13.0. The summed E-state index contributed by atoms with van der Waals surface area (Å²) in [7, 11) is 1.64. The van der Waals surface area contributed by atoms with E-state index < -0.39 is 0 Å². The maximum Gasteiger partial charge on any atom is 0.227 e. The lowest BCUT2D eigenvalue weighted by Gasteiger charge is -2.20. The number of rotatable bonds is 11. The van der Waals surface area contributed by atoms with Crippen LogP contribution in [-0.2, 0) is 4.79 Å². The third-order valence-corrected chi connectivity index (χ3v) is 6.03. The second-order valence-corrected chi connectivity index (χ2v) is 8.13. The van der Waals surface area contributed by atoms with Crippen molar-refractivity contribution in [3.05, 3.63) is 76.5 Å². The number of aliphatic imine (C=N–C) groups is 1. The summed E-state index contributed by atoms with van der Waals surface area (Å²) in [6, 6.07) is 15.6. The van der Waals surface area contributed by atoms with E-state index in [4.69, 9.17) is 20.9 Å². The van der Waals surface area contributed by atoms with Crippen molar-refractivity contribution in [2.45, 2.75) is 20.8 Å². The Morgan fingerprint density at radius 1 is 1.13 bits per heavy atom. The zero-order valence-corrected chi connectivity index (χ0v) is 22.0. The minimum absolute atomic E-state index is 0.0742. The minimum Gasteiger partial charge on any atom is -0.494 e. The summed E-state index contributed by atoms with van der Waals surface area (Å²) in [5.41, 5.74) is 19.2. The number of allylic oxidation sites excluding steroid dienone is 1. The topological polar surface area (TPSA) is 148 Å². The quantitative estimate of drug-likeness (QED) is 0.203. The largest absolute Gasteiger partial charge is 0.494 e. The van der Waals surface area contributed by atoms with Gasteiger partial charge in [-0.1, -0.05) is 24.3 Å². The molecule has 0 fully saturated rings. The van der Waals surface area contributed by atoms with Crippen molar-refractivity contribution < 1.29 is 14.3 Å². The Balaban J connectivity index is 2.34. The number of carbonyl (C=O) groups is 1. The van der Waals surface area contributed by atoms with Crippen LogP contribution < -0.4 is 26.4 Å². The summed E-state index contributed by atoms with van der Waals surface area (Å²) in [4.78, 5) is 15.5. The van der Waals surface area contributed by atoms with Crippen molar-refractivity contribution in [2.24, 2.45) is 21.6 Å². The molecule has 0 aliphatic heterocycles. The predicted molar refractivity (Wildman–Crippen MR) is 152 cm³/mol. The van der Waals surface area contributed by atoms with Crippen LogP contribution >= 0.6 is 0 Å². The first kappa shape index (κ1) is 27.9. The number of hydrogen-bond donors (Lipinski definition) is 3. The lowest BCUT2D eigenvalue weighted by atomic mass is 9.88. The molecule has 0 aliphatic carbocycles. The van der Waals surface area contributed by atoms with Gasteiger partial charge in [0.1, 0.15) is 17.6 Å². The van der Waals surface area contributed by atoms with Crippen LogP contribution in [0.25, 0.3) is 16.3 Å². The van der Waals surface area contributed by atoms with Crippen molar-refractivity contribution in [2.75, 3.05) is 26.8 Å². The summed E-state index contributed by atoms with van der Waals surface area (Å²) < 4.78 is 11.9. The number of benzene rings is 3. The molecule has 0 aromatic heterocycles. The molecule has 3 rings (SSSR count). The maximum atomic E-state index is 10.9. The molecule has 0 bridgehead atoms. The number of nitrogens with two attached hydrogens (primary N) is 2. The Kier molecular flexibility index (Phi) is 9.57. The van der Waals surface area contributed by atoms with Crippen molar-refractivity contribution in [3.8, 4) is 17.6 Å². The van der Waals surface area contributed by atoms with E-state index in [0.29, 0.717) is 70.4 Å². The van der Waals surface area contributed by atoms with Gasteiger partial charge in [0.15, 0.2) is 0 Å². The zero-order chi connectivity index (χ0) is 27.7. The van der Waals surface area contributed by atoms with Crippen LogP contribution in [0, 0.1) is 18.3 Å². The lowest BCUT2D eigenvalue weighted by Crippen LogP contribution is -2.21. The molecular weight excluding hydrogens is 480 g/mol. The van der Waals surface area contributed by atoms with Gasteiger partial charge in [-0.05, 0) is 49.9 Å². The average molecular weight is 513 g/mol. The van der Waals surface area contributed by atoms with E-state index in [-0.39, 0.29) is 6.54 Å². The molecule has 38 heavy (non-hydrogen) atoms. The fourth-order valence-corrected chi connectivity index (χ4v) is 4.39. The standard InChI is InChI=1S/C29H32N6O3/c1-5-37-26-13-20(11-22(18(26)3)25(16-32)35-34-17-36)23(14-30)29(33-4)28-24(15-31)21-10-8-7-9-19(21)12-27(28)38-6-2/h7-14,17H,5-6,16,30,32H2,1-4H3,(H,34,36)/b23-14-,33-29?,35-25-. The van der Waals surface area contributed by atoms with Crippen LogP contribution in [0.2, 0.25) is 0 Å². The van der Waals surface area contributed by atoms with Crippen LogP contribution in [-0.4, -0.2) is 44.6 Å². The average Bonchev–Trinajstić information content (AvgIpc) is 2.93. The van der Waals surface area contributed by atoms with Crippen molar-refractivity contribution in [3.63, 3.8) is 0 Å². The Labute approximate surface area is 222 Å². The summed E-state index contributed by atoms with van der Waals surface area (Å²) in [6.45, 7) is 6.57. The Hall–Kier alpha value is -4.68. The normalized spacial score (nSPS) is 12.3. The van der Waals surface area contributed by atoms with Crippen LogP contribution in [0.3, 0.4) is 0 Å². The van der Waals surface area contributed by atoms with E-state index in [1.54, 1.807) is 7.05 Å². The number of hydrazone groups is 1. The van der Waals surface area contributed by atoms with Crippen molar-refractivity contribution in [1.82, 2.24) is 5.43 Å². The highest BCUT2D eigenvalue weighted by Crippen LogP contribution is 2.36. The summed E-state index contributed by atoms with van der Waals surface area (Å²) in [6.07, 6.45) is 1.92. The molecule has 0 unspecified atom stereocenters. The predicted octanol–water partition coefficient (Wildman–Crippen LogP) is 3.64. The fourth-order valence-electron chi connectivity index (χ4n) is 4.39. The number of ether oxygens (including phenoxy) is 2. The molecule has 0 saturated heterocycles. The first-order chi connectivity index (χ1) is 18.5. The van der Waals surface area contributed by atoms with Crippen LogP contribution in [0.5, 0.6) is 11.5 Å². The Bertz CT molecular complexity index is 1470. The monoisotopic (exact) mass is 512 g/mol. The summed E-state index contributed by atoms with van der Waals surface area (Å²) >= 11 is 0. The highest BCUT2D eigenvalue weighted by Gasteiger charge is 2.24. The number of nitrogens with zero attached hydrogens (tertiary/aromatic N) is 3. The molecule has 9 nitrogen and oxygen atoms in total. The molecule has 1 amide bonds. The van der Waals surface area contributed by atoms with Gasteiger partial charge in [-0.3, -0.25) is 9.79 Å².